The molecule has 0 N–H and O–H groups in total. The number of hydrogen-bond donors (Lipinski definition) is 0. The zero-order valence-corrected chi connectivity index (χ0v) is 25.7. The lowest BCUT2D eigenvalue weighted by atomic mass is 9.84. The third-order valence-electron chi connectivity index (χ3n) is 9.25. The molecule has 2 nitrogen and oxygen atoms in total. The van der Waals surface area contributed by atoms with E-state index < -0.39 is 0 Å². The van der Waals surface area contributed by atoms with Crippen LogP contribution in [0.3, 0.4) is 0 Å². The Labute approximate surface area is 271 Å². The van der Waals surface area contributed by atoms with Gasteiger partial charge in [-0.1, -0.05) is 134 Å². The van der Waals surface area contributed by atoms with Crippen LogP contribution in [0.1, 0.15) is 6.42 Å². The highest BCUT2D eigenvalue weighted by atomic mass is 15.2. The van der Waals surface area contributed by atoms with Crippen molar-refractivity contribution in [1.29, 1.82) is 0 Å². The Balaban J connectivity index is 1.09. The van der Waals surface area contributed by atoms with E-state index in [1.807, 2.05) is 0 Å². The zero-order valence-electron chi connectivity index (χ0n) is 25.7. The molecule has 2 heteroatoms. The van der Waals surface area contributed by atoms with Gasteiger partial charge in [-0.05, 0) is 82.9 Å². The standard InChI is InChI=1S/C44H36N2/c1-3-15-39(16-4-1)45(43-29-23-33-11-7-9-13-37(33)31-43)41-25-19-35(20-26-41)36-21-27-42(28-22-36)46(40-17-5-2-6-18-40)44-30-24-34-12-8-10-14-38(34)32-44/h1-17,19-32,34,38,40H,18H2. The maximum absolute atomic E-state index is 2.49. The minimum absolute atomic E-state index is 0.282. The Morgan fingerprint density at radius 2 is 1.11 bits per heavy atom. The third kappa shape index (κ3) is 5.55. The zero-order chi connectivity index (χ0) is 30.7. The highest BCUT2D eigenvalue weighted by molar-refractivity contribution is 5.89. The van der Waals surface area contributed by atoms with Gasteiger partial charge in [-0.15, -0.1) is 0 Å². The van der Waals surface area contributed by atoms with E-state index in [2.05, 4.69) is 198 Å². The van der Waals surface area contributed by atoms with Crippen molar-refractivity contribution in [2.45, 2.75) is 12.5 Å². The molecule has 0 aliphatic heterocycles. The minimum atomic E-state index is 0.282. The molecule has 0 spiro atoms. The SMILES string of the molecule is C1=CCC(N(C2=CC3C=CC=CC3C=C2)c2ccc(-c3ccc(N(c4ccccc4)c4ccc5ccccc5c4)cc3)cc2)C=C1. The maximum atomic E-state index is 2.49. The van der Waals surface area contributed by atoms with Crippen molar-refractivity contribution in [2.24, 2.45) is 11.8 Å². The second-order valence-electron chi connectivity index (χ2n) is 12.2. The number of benzene rings is 5. The number of para-hydroxylation sites is 1. The summed E-state index contributed by atoms with van der Waals surface area (Å²) in [5.74, 6) is 0.847. The summed E-state index contributed by atoms with van der Waals surface area (Å²) in [5, 5.41) is 2.48. The van der Waals surface area contributed by atoms with Crippen LogP contribution in [0.15, 0.2) is 194 Å². The number of fused-ring (bicyclic) bond motifs is 2. The average molecular weight is 593 g/mol. The fourth-order valence-electron chi connectivity index (χ4n) is 6.87. The van der Waals surface area contributed by atoms with Gasteiger partial charge in [0.2, 0.25) is 0 Å². The predicted octanol–water partition coefficient (Wildman–Crippen LogP) is 11.5. The molecule has 0 bridgehead atoms. The summed E-state index contributed by atoms with van der Waals surface area (Å²) in [7, 11) is 0. The molecule has 46 heavy (non-hydrogen) atoms. The molecule has 0 fully saturated rings. The molecule has 0 saturated carbocycles. The van der Waals surface area contributed by atoms with Crippen molar-refractivity contribution in [3.05, 3.63) is 194 Å². The molecular weight excluding hydrogens is 556 g/mol. The topological polar surface area (TPSA) is 6.48 Å². The molecular formula is C44H36N2. The van der Waals surface area contributed by atoms with E-state index in [1.54, 1.807) is 0 Å². The van der Waals surface area contributed by atoms with E-state index in [4.69, 9.17) is 0 Å². The van der Waals surface area contributed by atoms with Crippen LogP contribution < -0.4 is 9.80 Å². The maximum Gasteiger partial charge on any atom is 0.0559 e. The molecule has 3 unspecified atom stereocenters. The predicted molar refractivity (Wildman–Crippen MR) is 196 cm³/mol. The number of allylic oxidation sites excluding steroid dienone is 9. The van der Waals surface area contributed by atoms with Gasteiger partial charge in [0.25, 0.3) is 0 Å². The van der Waals surface area contributed by atoms with Crippen LogP contribution in [0.5, 0.6) is 0 Å². The highest BCUT2D eigenvalue weighted by Crippen LogP contribution is 2.38. The lowest BCUT2D eigenvalue weighted by Crippen LogP contribution is -2.34. The van der Waals surface area contributed by atoms with Gasteiger partial charge in [-0.25, -0.2) is 0 Å². The summed E-state index contributed by atoms with van der Waals surface area (Å²) in [5.41, 5.74) is 8.29. The summed E-state index contributed by atoms with van der Waals surface area (Å²) >= 11 is 0. The molecule has 0 radical (unpaired) electrons. The van der Waals surface area contributed by atoms with E-state index in [-0.39, 0.29) is 6.04 Å². The van der Waals surface area contributed by atoms with Crippen LogP contribution in [0, 0.1) is 11.8 Å². The first kappa shape index (κ1) is 27.9. The molecule has 222 valence electrons. The molecule has 3 aliphatic rings. The van der Waals surface area contributed by atoms with Gasteiger partial charge in [0.1, 0.15) is 0 Å². The van der Waals surface area contributed by atoms with Crippen LogP contribution >= 0.6 is 0 Å². The first-order valence-corrected chi connectivity index (χ1v) is 16.2. The van der Waals surface area contributed by atoms with Crippen molar-refractivity contribution in [2.75, 3.05) is 9.80 Å². The van der Waals surface area contributed by atoms with E-state index in [1.165, 1.54) is 33.3 Å². The molecule has 0 aromatic heterocycles. The molecule has 0 amide bonds. The number of hydrogen-bond acceptors (Lipinski definition) is 2. The largest absolute Gasteiger partial charge is 0.334 e. The fourth-order valence-corrected chi connectivity index (χ4v) is 6.87. The first-order chi connectivity index (χ1) is 22.8. The molecule has 3 atom stereocenters. The number of anilines is 4. The summed E-state index contributed by atoms with van der Waals surface area (Å²) in [6, 6.07) is 44.1. The van der Waals surface area contributed by atoms with E-state index >= 15 is 0 Å². The van der Waals surface area contributed by atoms with Crippen molar-refractivity contribution in [1.82, 2.24) is 0 Å². The second kappa shape index (κ2) is 12.4. The molecule has 5 aromatic rings. The van der Waals surface area contributed by atoms with Crippen molar-refractivity contribution in [3.63, 3.8) is 0 Å². The van der Waals surface area contributed by atoms with Crippen LogP contribution in [0.25, 0.3) is 21.9 Å². The molecule has 3 aliphatic carbocycles. The van der Waals surface area contributed by atoms with E-state index in [0.29, 0.717) is 11.8 Å². The van der Waals surface area contributed by atoms with Crippen molar-refractivity contribution < 1.29 is 0 Å². The fraction of sp³-hybridized carbons (Fsp3) is 0.0909. The van der Waals surface area contributed by atoms with Crippen molar-refractivity contribution in [3.8, 4) is 11.1 Å². The molecule has 0 saturated heterocycles. The lowest BCUT2D eigenvalue weighted by Gasteiger charge is -2.36. The monoisotopic (exact) mass is 592 g/mol. The van der Waals surface area contributed by atoms with Gasteiger partial charge in [0.05, 0.1) is 6.04 Å². The molecule has 5 aromatic carbocycles. The van der Waals surface area contributed by atoms with Crippen LogP contribution in [0.4, 0.5) is 22.7 Å². The molecule has 8 rings (SSSR count). The third-order valence-corrected chi connectivity index (χ3v) is 9.25. The lowest BCUT2D eigenvalue weighted by molar-refractivity contribution is 0.642. The Hall–Kier alpha value is -5.60. The summed E-state index contributed by atoms with van der Waals surface area (Å²) in [6.45, 7) is 0. The number of nitrogens with zero attached hydrogens (tertiary/aromatic N) is 2. The van der Waals surface area contributed by atoms with Crippen LogP contribution in [0.2, 0.25) is 0 Å². The quantitative estimate of drug-likeness (QED) is 0.185. The van der Waals surface area contributed by atoms with Crippen molar-refractivity contribution >= 4 is 33.5 Å². The smallest absolute Gasteiger partial charge is 0.0559 e. The Morgan fingerprint density at radius 3 is 1.85 bits per heavy atom. The summed E-state index contributed by atoms with van der Waals surface area (Å²) < 4.78 is 0. The first-order valence-electron chi connectivity index (χ1n) is 16.2. The number of rotatable bonds is 7. The van der Waals surface area contributed by atoms with E-state index in [0.717, 1.165) is 23.5 Å². The Morgan fingerprint density at radius 1 is 0.478 bits per heavy atom. The van der Waals surface area contributed by atoms with Crippen LogP contribution in [-0.4, -0.2) is 6.04 Å². The van der Waals surface area contributed by atoms with Crippen LogP contribution in [-0.2, 0) is 0 Å². The van der Waals surface area contributed by atoms with Gasteiger partial charge in [0, 0.05) is 40.3 Å². The van der Waals surface area contributed by atoms with Gasteiger partial charge in [-0.2, -0.15) is 0 Å². The highest BCUT2D eigenvalue weighted by Gasteiger charge is 2.25. The Kier molecular flexibility index (Phi) is 7.54. The summed E-state index contributed by atoms with van der Waals surface area (Å²) in [4.78, 5) is 4.82. The summed E-state index contributed by atoms with van der Waals surface area (Å²) in [6.07, 6.45) is 25.9. The minimum Gasteiger partial charge on any atom is -0.334 e. The Bertz CT molecular complexity index is 2020. The van der Waals surface area contributed by atoms with Gasteiger partial charge >= 0.3 is 0 Å². The average Bonchev–Trinajstić information content (AvgIpc) is 3.13. The molecule has 0 heterocycles. The van der Waals surface area contributed by atoms with Gasteiger partial charge in [0.15, 0.2) is 0 Å². The van der Waals surface area contributed by atoms with E-state index in [9.17, 15) is 0 Å². The van der Waals surface area contributed by atoms with Gasteiger partial charge in [-0.3, -0.25) is 0 Å². The normalized spacial score (nSPS) is 19.6. The second-order valence-corrected chi connectivity index (χ2v) is 12.2. The van der Waals surface area contributed by atoms with Gasteiger partial charge < -0.3 is 9.80 Å².